The van der Waals surface area contributed by atoms with Crippen LogP contribution >= 0.6 is 0 Å². The van der Waals surface area contributed by atoms with Gasteiger partial charge in [-0.05, 0) is 50.6 Å². The number of nitrogens with one attached hydrogen (secondary N) is 2. The molecule has 20 heavy (non-hydrogen) atoms. The first-order chi connectivity index (χ1) is 9.54. The van der Waals surface area contributed by atoms with Gasteiger partial charge in [0.25, 0.3) is 5.91 Å². The predicted octanol–water partition coefficient (Wildman–Crippen LogP) is 2.86. The first kappa shape index (κ1) is 14.0. The summed E-state index contributed by atoms with van der Waals surface area (Å²) < 4.78 is 0. The fourth-order valence-electron chi connectivity index (χ4n) is 1.74. The number of amides is 1. The van der Waals surface area contributed by atoms with Gasteiger partial charge in [-0.3, -0.25) is 4.79 Å². The SMILES string of the molecule is Cc1cccc(NC(=O)c2ccc(NC(C)C)nn2)c1. The molecule has 0 saturated carbocycles. The summed E-state index contributed by atoms with van der Waals surface area (Å²) in [6, 6.07) is 11.3. The van der Waals surface area contributed by atoms with Crippen molar-refractivity contribution in [2.24, 2.45) is 0 Å². The molecule has 5 nitrogen and oxygen atoms in total. The Balaban J connectivity index is 2.06. The Labute approximate surface area is 118 Å². The topological polar surface area (TPSA) is 66.9 Å². The number of anilines is 2. The quantitative estimate of drug-likeness (QED) is 0.896. The van der Waals surface area contributed by atoms with E-state index in [0.29, 0.717) is 11.5 Å². The molecular weight excluding hydrogens is 252 g/mol. The second kappa shape index (κ2) is 6.14. The van der Waals surface area contributed by atoms with Gasteiger partial charge in [-0.1, -0.05) is 12.1 Å². The van der Waals surface area contributed by atoms with E-state index in [4.69, 9.17) is 0 Å². The van der Waals surface area contributed by atoms with E-state index in [1.807, 2.05) is 45.0 Å². The maximum Gasteiger partial charge on any atom is 0.276 e. The molecule has 0 aliphatic rings. The number of hydrogen-bond acceptors (Lipinski definition) is 4. The summed E-state index contributed by atoms with van der Waals surface area (Å²) in [4.78, 5) is 12.0. The third-order valence-corrected chi connectivity index (χ3v) is 2.61. The highest BCUT2D eigenvalue weighted by Gasteiger charge is 2.09. The number of aryl methyl sites for hydroxylation is 1. The predicted molar refractivity (Wildman–Crippen MR) is 79.9 cm³/mol. The molecule has 2 aromatic rings. The molecule has 1 heterocycles. The number of aromatic nitrogens is 2. The van der Waals surface area contributed by atoms with Crippen LogP contribution in [0.15, 0.2) is 36.4 Å². The summed E-state index contributed by atoms with van der Waals surface area (Å²) in [5.41, 5.74) is 2.13. The highest BCUT2D eigenvalue weighted by Crippen LogP contribution is 2.11. The van der Waals surface area contributed by atoms with E-state index in [-0.39, 0.29) is 11.9 Å². The Bertz CT molecular complexity index is 593. The van der Waals surface area contributed by atoms with Crippen molar-refractivity contribution in [1.29, 1.82) is 0 Å². The van der Waals surface area contributed by atoms with Crippen molar-refractivity contribution in [3.8, 4) is 0 Å². The van der Waals surface area contributed by atoms with Crippen molar-refractivity contribution in [2.45, 2.75) is 26.8 Å². The maximum absolute atomic E-state index is 12.0. The molecule has 2 N–H and O–H groups in total. The van der Waals surface area contributed by atoms with E-state index in [0.717, 1.165) is 11.3 Å². The third kappa shape index (κ3) is 3.78. The molecule has 0 fully saturated rings. The molecule has 0 unspecified atom stereocenters. The third-order valence-electron chi connectivity index (χ3n) is 2.61. The summed E-state index contributed by atoms with van der Waals surface area (Å²) in [6.45, 7) is 6.00. The lowest BCUT2D eigenvalue weighted by atomic mass is 10.2. The van der Waals surface area contributed by atoms with Gasteiger partial charge in [0.1, 0.15) is 5.82 Å². The van der Waals surface area contributed by atoms with Crippen molar-refractivity contribution < 1.29 is 4.79 Å². The van der Waals surface area contributed by atoms with Crippen molar-refractivity contribution in [3.05, 3.63) is 47.7 Å². The Morgan fingerprint density at radius 1 is 1.15 bits per heavy atom. The van der Waals surface area contributed by atoms with E-state index >= 15 is 0 Å². The minimum Gasteiger partial charge on any atom is -0.366 e. The molecule has 1 aromatic heterocycles. The summed E-state index contributed by atoms with van der Waals surface area (Å²) in [7, 11) is 0. The van der Waals surface area contributed by atoms with E-state index in [2.05, 4.69) is 20.8 Å². The fraction of sp³-hybridized carbons (Fsp3) is 0.267. The van der Waals surface area contributed by atoms with Gasteiger partial charge in [-0.2, -0.15) is 0 Å². The number of carbonyl (C=O) groups excluding carboxylic acids is 1. The van der Waals surface area contributed by atoms with Crippen LogP contribution in [0.4, 0.5) is 11.5 Å². The highest BCUT2D eigenvalue weighted by atomic mass is 16.1. The Hall–Kier alpha value is -2.43. The minimum absolute atomic E-state index is 0.265. The molecule has 0 spiro atoms. The first-order valence-corrected chi connectivity index (χ1v) is 6.53. The molecule has 0 atom stereocenters. The zero-order valence-electron chi connectivity index (χ0n) is 11.8. The molecule has 0 aliphatic carbocycles. The van der Waals surface area contributed by atoms with Crippen LogP contribution in [0.2, 0.25) is 0 Å². The van der Waals surface area contributed by atoms with Gasteiger partial charge in [0.05, 0.1) is 0 Å². The van der Waals surface area contributed by atoms with Gasteiger partial charge in [0.15, 0.2) is 5.69 Å². The van der Waals surface area contributed by atoms with E-state index in [1.165, 1.54) is 0 Å². The van der Waals surface area contributed by atoms with Gasteiger partial charge in [-0.25, -0.2) is 0 Å². The normalized spacial score (nSPS) is 10.4. The molecule has 104 valence electrons. The van der Waals surface area contributed by atoms with Crippen LogP contribution in [0, 0.1) is 6.92 Å². The van der Waals surface area contributed by atoms with Crippen LogP contribution in [0.5, 0.6) is 0 Å². The number of rotatable bonds is 4. The maximum atomic E-state index is 12.0. The second-order valence-corrected chi connectivity index (χ2v) is 4.93. The van der Waals surface area contributed by atoms with Gasteiger partial charge < -0.3 is 10.6 Å². The molecule has 0 aliphatic heterocycles. The molecule has 1 aromatic carbocycles. The zero-order chi connectivity index (χ0) is 14.5. The van der Waals surface area contributed by atoms with Crippen molar-refractivity contribution in [1.82, 2.24) is 10.2 Å². The van der Waals surface area contributed by atoms with Crippen LogP contribution in [0.3, 0.4) is 0 Å². The molecule has 0 radical (unpaired) electrons. The fourth-order valence-corrected chi connectivity index (χ4v) is 1.74. The lowest BCUT2D eigenvalue weighted by Crippen LogP contribution is -2.16. The number of hydrogen-bond donors (Lipinski definition) is 2. The van der Waals surface area contributed by atoms with E-state index in [1.54, 1.807) is 12.1 Å². The van der Waals surface area contributed by atoms with Crippen molar-refractivity contribution >= 4 is 17.4 Å². The molecule has 1 amide bonds. The minimum atomic E-state index is -0.265. The first-order valence-electron chi connectivity index (χ1n) is 6.53. The van der Waals surface area contributed by atoms with Crippen LogP contribution in [-0.2, 0) is 0 Å². The van der Waals surface area contributed by atoms with Gasteiger partial charge in [0, 0.05) is 11.7 Å². The van der Waals surface area contributed by atoms with Crippen LogP contribution in [0.25, 0.3) is 0 Å². The Kier molecular flexibility index (Phi) is 4.30. The average Bonchev–Trinajstić information content (AvgIpc) is 2.38. The van der Waals surface area contributed by atoms with Gasteiger partial charge >= 0.3 is 0 Å². The summed E-state index contributed by atoms with van der Waals surface area (Å²) in [6.07, 6.45) is 0. The lowest BCUT2D eigenvalue weighted by Gasteiger charge is -2.08. The molecular formula is C15H18N4O. The Morgan fingerprint density at radius 2 is 1.95 bits per heavy atom. The molecule has 2 rings (SSSR count). The van der Waals surface area contributed by atoms with Crippen LogP contribution in [-0.4, -0.2) is 22.1 Å². The van der Waals surface area contributed by atoms with Gasteiger partial charge in [0.2, 0.25) is 0 Å². The monoisotopic (exact) mass is 270 g/mol. The lowest BCUT2D eigenvalue weighted by molar-refractivity contribution is 0.102. The number of benzene rings is 1. The smallest absolute Gasteiger partial charge is 0.276 e. The number of carbonyl (C=O) groups is 1. The number of nitrogens with zero attached hydrogens (tertiary/aromatic N) is 2. The van der Waals surface area contributed by atoms with Crippen molar-refractivity contribution in [2.75, 3.05) is 10.6 Å². The molecule has 5 heteroatoms. The zero-order valence-corrected chi connectivity index (χ0v) is 11.8. The Morgan fingerprint density at radius 3 is 2.55 bits per heavy atom. The molecule has 0 bridgehead atoms. The summed E-state index contributed by atoms with van der Waals surface area (Å²) in [5, 5.41) is 13.8. The van der Waals surface area contributed by atoms with Crippen LogP contribution < -0.4 is 10.6 Å². The molecule has 0 saturated heterocycles. The highest BCUT2D eigenvalue weighted by molar-refractivity contribution is 6.02. The van der Waals surface area contributed by atoms with Crippen LogP contribution in [0.1, 0.15) is 29.9 Å². The van der Waals surface area contributed by atoms with Crippen molar-refractivity contribution in [3.63, 3.8) is 0 Å². The van der Waals surface area contributed by atoms with Gasteiger partial charge in [-0.15, -0.1) is 10.2 Å². The summed E-state index contributed by atoms with van der Waals surface area (Å²) >= 11 is 0. The largest absolute Gasteiger partial charge is 0.366 e. The summed E-state index contributed by atoms with van der Waals surface area (Å²) in [5.74, 6) is 0.395. The average molecular weight is 270 g/mol. The second-order valence-electron chi connectivity index (χ2n) is 4.93. The van der Waals surface area contributed by atoms with E-state index in [9.17, 15) is 4.79 Å². The van der Waals surface area contributed by atoms with E-state index < -0.39 is 0 Å². The standard InChI is InChI=1S/C15H18N4O/c1-10(2)16-14-8-7-13(18-19-14)15(20)17-12-6-4-5-11(3)9-12/h4-10H,1-3H3,(H,16,19)(H,17,20).